The molecule has 0 saturated carbocycles. The van der Waals surface area contributed by atoms with E-state index in [-0.39, 0.29) is 17.5 Å². The highest BCUT2D eigenvalue weighted by molar-refractivity contribution is 7.91. The van der Waals surface area contributed by atoms with Crippen LogP contribution in [-0.4, -0.2) is 38.0 Å². The Labute approximate surface area is 151 Å². The van der Waals surface area contributed by atoms with E-state index in [4.69, 9.17) is 11.6 Å². The number of benzene rings is 2. The Kier molecular flexibility index (Phi) is 3.77. The molecule has 2 aliphatic heterocycles. The predicted octanol–water partition coefficient (Wildman–Crippen LogP) is 3.26. The fourth-order valence-electron chi connectivity index (χ4n) is 3.71. The van der Waals surface area contributed by atoms with Crippen LogP contribution in [0.1, 0.15) is 5.56 Å². The molecule has 0 bridgehead atoms. The van der Waals surface area contributed by atoms with E-state index in [0.717, 1.165) is 5.56 Å². The molecule has 7 heteroatoms. The van der Waals surface area contributed by atoms with Crippen LogP contribution in [0.4, 0.5) is 16.2 Å². The average Bonchev–Trinajstić information content (AvgIpc) is 2.97. The van der Waals surface area contributed by atoms with Crippen molar-refractivity contribution in [3.05, 3.63) is 59.1 Å². The van der Waals surface area contributed by atoms with Crippen LogP contribution in [-0.2, 0) is 9.84 Å². The molecule has 2 atom stereocenters. The van der Waals surface area contributed by atoms with Crippen LogP contribution in [0, 0.1) is 6.92 Å². The first-order chi connectivity index (χ1) is 11.9. The van der Waals surface area contributed by atoms with Gasteiger partial charge in [0.15, 0.2) is 9.84 Å². The molecule has 5 nitrogen and oxygen atoms in total. The second-order valence-corrected chi connectivity index (χ2v) is 9.09. The standard InChI is InChI=1S/C18H17ClN2O3S/c1-12-5-4-6-13(9-12)20-16-10-25(23,24)11-17(16)21(18(20)22)15-8-3-2-7-14(15)19/h2-9,16-17H,10-11H2,1H3/t16-,17+/m0/s1. The molecular weight excluding hydrogens is 360 g/mol. The average molecular weight is 377 g/mol. The molecule has 2 heterocycles. The Bertz CT molecular complexity index is 960. The lowest BCUT2D eigenvalue weighted by Gasteiger charge is -2.23. The molecule has 4 rings (SSSR count). The number of carbonyl (C=O) groups excluding carboxylic acids is 1. The van der Waals surface area contributed by atoms with Crippen molar-refractivity contribution < 1.29 is 13.2 Å². The van der Waals surface area contributed by atoms with E-state index >= 15 is 0 Å². The Morgan fingerprint density at radius 1 is 1.00 bits per heavy atom. The van der Waals surface area contributed by atoms with E-state index in [1.807, 2.05) is 31.2 Å². The molecule has 2 fully saturated rings. The van der Waals surface area contributed by atoms with Gasteiger partial charge in [0.05, 0.1) is 34.3 Å². The summed E-state index contributed by atoms with van der Waals surface area (Å²) in [5, 5.41) is 0.435. The highest BCUT2D eigenvalue weighted by Crippen LogP contribution is 2.40. The first-order valence-electron chi connectivity index (χ1n) is 8.01. The minimum Gasteiger partial charge on any atom is -0.288 e. The molecule has 25 heavy (non-hydrogen) atoms. The number of amides is 2. The summed E-state index contributed by atoms with van der Waals surface area (Å²) < 4.78 is 24.5. The van der Waals surface area contributed by atoms with Crippen LogP contribution < -0.4 is 9.80 Å². The molecule has 0 aliphatic carbocycles. The highest BCUT2D eigenvalue weighted by atomic mass is 35.5. The minimum absolute atomic E-state index is 0.0295. The van der Waals surface area contributed by atoms with Gasteiger partial charge in [-0.15, -0.1) is 0 Å². The SMILES string of the molecule is Cc1cccc(N2C(=O)N(c3ccccc3Cl)[C@@H]3CS(=O)(=O)C[C@@H]32)c1. The van der Waals surface area contributed by atoms with Gasteiger partial charge in [-0.3, -0.25) is 9.80 Å². The van der Waals surface area contributed by atoms with Crippen molar-refractivity contribution in [1.29, 1.82) is 0 Å². The van der Waals surface area contributed by atoms with Crippen molar-refractivity contribution in [3.63, 3.8) is 0 Å². The number of urea groups is 1. The van der Waals surface area contributed by atoms with Gasteiger partial charge >= 0.3 is 6.03 Å². The maximum absolute atomic E-state index is 13.2. The summed E-state index contributed by atoms with van der Waals surface area (Å²) in [6.45, 7) is 1.94. The lowest BCUT2D eigenvalue weighted by Crippen LogP contribution is -2.38. The zero-order valence-electron chi connectivity index (χ0n) is 13.6. The van der Waals surface area contributed by atoms with Gasteiger partial charge < -0.3 is 0 Å². The van der Waals surface area contributed by atoms with Gasteiger partial charge in [-0.05, 0) is 36.8 Å². The molecule has 2 amide bonds. The summed E-state index contributed by atoms with van der Waals surface area (Å²) in [5.74, 6) is -0.0742. The van der Waals surface area contributed by atoms with Crippen LogP contribution >= 0.6 is 11.6 Å². The molecule has 2 aromatic carbocycles. The van der Waals surface area contributed by atoms with Gasteiger partial charge in [-0.25, -0.2) is 13.2 Å². The lowest BCUT2D eigenvalue weighted by atomic mass is 10.1. The molecule has 0 unspecified atom stereocenters. The number of sulfone groups is 1. The third kappa shape index (κ3) is 2.69. The van der Waals surface area contributed by atoms with Crippen molar-refractivity contribution in [2.45, 2.75) is 19.0 Å². The van der Waals surface area contributed by atoms with Crippen LogP contribution in [0.25, 0.3) is 0 Å². The molecule has 2 aliphatic rings. The van der Waals surface area contributed by atoms with Gasteiger partial charge in [0.25, 0.3) is 0 Å². The van der Waals surface area contributed by atoms with Crippen LogP contribution in [0.5, 0.6) is 0 Å². The second kappa shape index (κ2) is 5.75. The van der Waals surface area contributed by atoms with E-state index in [0.29, 0.717) is 16.4 Å². The molecule has 0 N–H and O–H groups in total. The first-order valence-corrected chi connectivity index (χ1v) is 10.2. The van der Waals surface area contributed by atoms with Crippen LogP contribution in [0.15, 0.2) is 48.5 Å². The molecule has 130 valence electrons. The zero-order valence-corrected chi connectivity index (χ0v) is 15.2. The number of hydrogen-bond acceptors (Lipinski definition) is 3. The summed E-state index contributed by atoms with van der Waals surface area (Å²) in [4.78, 5) is 16.3. The van der Waals surface area contributed by atoms with Crippen molar-refractivity contribution >= 4 is 38.8 Å². The van der Waals surface area contributed by atoms with Crippen molar-refractivity contribution in [3.8, 4) is 0 Å². The van der Waals surface area contributed by atoms with Gasteiger partial charge in [0.2, 0.25) is 0 Å². The first kappa shape index (κ1) is 16.4. The molecule has 0 spiro atoms. The number of nitrogens with zero attached hydrogens (tertiary/aromatic N) is 2. The predicted molar refractivity (Wildman–Crippen MR) is 99.2 cm³/mol. The molecule has 0 radical (unpaired) electrons. The fraction of sp³-hybridized carbons (Fsp3) is 0.278. The summed E-state index contributed by atoms with van der Waals surface area (Å²) in [6, 6.07) is 13.5. The van der Waals surface area contributed by atoms with Crippen molar-refractivity contribution in [1.82, 2.24) is 0 Å². The highest BCUT2D eigenvalue weighted by Gasteiger charge is 2.54. The molecule has 2 aromatic rings. The van der Waals surface area contributed by atoms with E-state index in [1.165, 1.54) is 0 Å². The normalized spacial score (nSPS) is 24.6. The number of rotatable bonds is 2. The number of hydrogen-bond donors (Lipinski definition) is 0. The van der Waals surface area contributed by atoms with E-state index in [2.05, 4.69) is 0 Å². The monoisotopic (exact) mass is 376 g/mol. The van der Waals surface area contributed by atoms with E-state index in [1.54, 1.807) is 34.1 Å². The maximum atomic E-state index is 13.2. The third-order valence-corrected chi connectivity index (χ3v) is 6.78. The van der Waals surface area contributed by atoms with Gasteiger partial charge in [-0.2, -0.15) is 0 Å². The summed E-state index contributed by atoms with van der Waals surface area (Å²) >= 11 is 6.29. The van der Waals surface area contributed by atoms with Crippen molar-refractivity contribution in [2.24, 2.45) is 0 Å². The third-order valence-electron chi connectivity index (χ3n) is 4.76. The Morgan fingerprint density at radius 2 is 1.68 bits per heavy atom. The fourth-order valence-corrected chi connectivity index (χ4v) is 5.86. The van der Waals surface area contributed by atoms with Crippen molar-refractivity contribution in [2.75, 3.05) is 21.3 Å². The van der Waals surface area contributed by atoms with E-state index in [9.17, 15) is 13.2 Å². The minimum atomic E-state index is -3.21. The lowest BCUT2D eigenvalue weighted by molar-refractivity contribution is 0.255. The van der Waals surface area contributed by atoms with Crippen LogP contribution in [0.3, 0.4) is 0 Å². The number of halogens is 1. The molecular formula is C18H17ClN2O3S. The summed E-state index contributed by atoms with van der Waals surface area (Å²) in [6.07, 6.45) is 0. The quantitative estimate of drug-likeness (QED) is 0.756. The largest absolute Gasteiger partial charge is 0.329 e. The van der Waals surface area contributed by atoms with Gasteiger partial charge in [-0.1, -0.05) is 35.9 Å². The van der Waals surface area contributed by atoms with Gasteiger partial charge in [0, 0.05) is 5.69 Å². The van der Waals surface area contributed by atoms with Crippen LogP contribution in [0.2, 0.25) is 5.02 Å². The smallest absolute Gasteiger partial charge is 0.288 e. The molecule has 0 aromatic heterocycles. The Balaban J connectivity index is 1.84. The second-order valence-electron chi connectivity index (χ2n) is 6.52. The number of carbonyl (C=O) groups is 1. The topological polar surface area (TPSA) is 57.7 Å². The number of fused-ring (bicyclic) bond motifs is 1. The maximum Gasteiger partial charge on any atom is 0.329 e. The molecule has 2 saturated heterocycles. The Hall–Kier alpha value is -2.05. The number of anilines is 2. The van der Waals surface area contributed by atoms with Gasteiger partial charge in [0.1, 0.15) is 0 Å². The van der Waals surface area contributed by atoms with E-state index < -0.39 is 21.9 Å². The summed E-state index contributed by atoms with van der Waals surface area (Å²) in [5.41, 5.74) is 2.28. The number of para-hydroxylation sites is 1. The number of aryl methyl sites for hydroxylation is 1. The zero-order chi connectivity index (χ0) is 17.8. The summed E-state index contributed by atoms with van der Waals surface area (Å²) in [7, 11) is -3.21. The Morgan fingerprint density at radius 3 is 2.36 bits per heavy atom.